The van der Waals surface area contributed by atoms with Crippen molar-refractivity contribution in [2.45, 2.75) is 18.0 Å². The number of hydrogen-bond donors (Lipinski definition) is 3. The van der Waals surface area contributed by atoms with E-state index in [4.69, 9.17) is 10.2 Å². The highest BCUT2D eigenvalue weighted by Gasteiger charge is 2.55. The summed E-state index contributed by atoms with van der Waals surface area (Å²) < 4.78 is 11.8. The number of aliphatic carboxylic acids is 1. The van der Waals surface area contributed by atoms with Gasteiger partial charge in [0.15, 0.2) is 18.9 Å². The average molecular weight is 500 g/mol. The summed E-state index contributed by atoms with van der Waals surface area (Å²) in [7, 11) is 1.22. The molecule has 0 radical (unpaired) electrons. The number of nitrogens with two attached hydrogens (primary N) is 1. The van der Waals surface area contributed by atoms with Crippen molar-refractivity contribution in [2.75, 3.05) is 18.6 Å². The van der Waals surface area contributed by atoms with E-state index in [0.29, 0.717) is 16.9 Å². The van der Waals surface area contributed by atoms with Gasteiger partial charge in [0.05, 0.1) is 11.6 Å². The Hall–Kier alpha value is -4.40. The number of rotatable bonds is 7. The lowest BCUT2D eigenvalue weighted by molar-refractivity contribution is -0.687. The van der Waals surface area contributed by atoms with Crippen LogP contribution in [-0.2, 0) is 25.8 Å². The molecule has 0 bridgehead atoms. The third-order valence-corrected chi connectivity index (χ3v) is 6.75. The van der Waals surface area contributed by atoms with E-state index in [0.717, 1.165) is 5.39 Å². The van der Waals surface area contributed by atoms with E-state index in [1.54, 1.807) is 24.6 Å². The van der Waals surface area contributed by atoms with Crippen LogP contribution in [0.3, 0.4) is 0 Å². The Morgan fingerprint density at radius 3 is 3.00 bits per heavy atom. The molecule has 2 aliphatic rings. The molecule has 1 fully saturated rings. The van der Waals surface area contributed by atoms with Crippen LogP contribution in [-0.4, -0.2) is 67.9 Å². The molecule has 5 rings (SSSR count). The summed E-state index contributed by atoms with van der Waals surface area (Å²) in [6.45, 7) is 0.271. The lowest BCUT2D eigenvalue weighted by Crippen LogP contribution is -2.71. The molecular formula is C20H18N7O7S+. The van der Waals surface area contributed by atoms with Crippen LogP contribution >= 0.6 is 11.8 Å². The van der Waals surface area contributed by atoms with Gasteiger partial charge in [0, 0.05) is 17.4 Å². The Bertz CT molecular complexity index is 1410. The van der Waals surface area contributed by atoms with Gasteiger partial charge in [-0.25, -0.2) is 9.36 Å². The summed E-state index contributed by atoms with van der Waals surface area (Å²) in [5, 5.41) is 19.8. The van der Waals surface area contributed by atoms with Gasteiger partial charge in [-0.05, 0) is 6.07 Å². The molecule has 1 saturated heterocycles. The number of carbonyl (C=O) groups is 3. The molecule has 35 heavy (non-hydrogen) atoms. The van der Waals surface area contributed by atoms with E-state index >= 15 is 0 Å². The molecule has 2 amide bonds. The van der Waals surface area contributed by atoms with Gasteiger partial charge in [0.25, 0.3) is 11.8 Å². The van der Waals surface area contributed by atoms with Crippen LogP contribution in [0, 0.1) is 0 Å². The molecule has 3 aromatic rings. The number of anilines is 1. The highest BCUT2D eigenvalue weighted by molar-refractivity contribution is 8.00. The minimum Gasteiger partial charge on any atom is -0.477 e. The number of furan rings is 1. The van der Waals surface area contributed by atoms with Crippen molar-refractivity contribution in [3.05, 3.63) is 47.9 Å². The Morgan fingerprint density at radius 1 is 1.46 bits per heavy atom. The molecule has 0 saturated carbocycles. The van der Waals surface area contributed by atoms with Crippen molar-refractivity contribution < 1.29 is 37.8 Å². The molecule has 2 aliphatic heterocycles. The molecule has 3 aromatic heterocycles. The largest absolute Gasteiger partial charge is 0.477 e. The zero-order valence-corrected chi connectivity index (χ0v) is 18.9. The number of fused-ring (bicyclic) bond motifs is 2. The minimum atomic E-state index is -1.22. The Labute approximate surface area is 200 Å². The highest BCUT2D eigenvalue weighted by Crippen LogP contribution is 2.40. The zero-order chi connectivity index (χ0) is 24.7. The molecule has 1 unspecified atom stereocenters. The number of thioether (sulfide) groups is 1. The number of nitrogens with one attached hydrogen (secondary N) is 1. The quantitative estimate of drug-likeness (QED) is 0.164. The fraction of sp³-hybridized carbons (Fsp3) is 0.250. The zero-order valence-electron chi connectivity index (χ0n) is 18.1. The number of carbonyl (C=O) groups excluding carboxylic acids is 2. The second-order valence-corrected chi connectivity index (χ2v) is 8.66. The first-order chi connectivity index (χ1) is 16.9. The van der Waals surface area contributed by atoms with Crippen LogP contribution in [0.5, 0.6) is 0 Å². The number of amides is 2. The third-order valence-electron chi connectivity index (χ3n) is 5.41. The van der Waals surface area contributed by atoms with E-state index in [1.165, 1.54) is 23.8 Å². The summed E-state index contributed by atoms with van der Waals surface area (Å²) in [4.78, 5) is 47.4. The number of hydrogen-bond acceptors (Lipinski definition) is 11. The number of pyridine rings is 1. The van der Waals surface area contributed by atoms with Crippen LogP contribution in [0.25, 0.3) is 11.0 Å². The monoisotopic (exact) mass is 500 g/mol. The van der Waals surface area contributed by atoms with Crippen molar-refractivity contribution in [1.82, 2.24) is 20.4 Å². The topological polar surface area (TPSA) is 190 Å². The maximum atomic E-state index is 12.9. The van der Waals surface area contributed by atoms with Crippen molar-refractivity contribution in [3.8, 4) is 0 Å². The van der Waals surface area contributed by atoms with Gasteiger partial charge < -0.3 is 29.9 Å². The predicted octanol–water partition coefficient (Wildman–Crippen LogP) is -0.525. The normalized spacial score (nSPS) is 20.0. The van der Waals surface area contributed by atoms with Gasteiger partial charge in [0.1, 0.15) is 29.8 Å². The number of nitrogens with zero attached hydrogens (tertiary/aromatic N) is 5. The van der Waals surface area contributed by atoms with Crippen LogP contribution in [0.15, 0.2) is 56.2 Å². The van der Waals surface area contributed by atoms with Crippen molar-refractivity contribution in [2.24, 2.45) is 5.16 Å². The smallest absolute Gasteiger partial charge is 0.352 e. The fourth-order valence-electron chi connectivity index (χ4n) is 3.90. The molecule has 180 valence electrons. The van der Waals surface area contributed by atoms with Gasteiger partial charge in [0.2, 0.25) is 11.5 Å². The standard InChI is InChI=1S/C20H17N7O7S/c1-32-24-12(15-23-20(21)34-25-15)16(28)22-13-17(29)27-14(19(30)31)10(8-35-18(13)27)7-26-4-2-11-9(6-26)3-5-33-11/h2-6,13,18H,7-8H2,1H3,(H3-,21,22,23,25,28,30,31)/p+1/b24-12-/t13?,18-/m1/s1. The molecule has 0 spiro atoms. The van der Waals surface area contributed by atoms with Gasteiger partial charge in [-0.2, -0.15) is 4.98 Å². The molecule has 4 N–H and O–H groups in total. The maximum absolute atomic E-state index is 12.9. The number of aromatic nitrogens is 3. The van der Waals surface area contributed by atoms with E-state index in [2.05, 4.69) is 30.0 Å². The second kappa shape index (κ2) is 8.75. The first-order valence-corrected chi connectivity index (χ1v) is 11.2. The highest BCUT2D eigenvalue weighted by atomic mass is 32.2. The first-order valence-electron chi connectivity index (χ1n) is 10.1. The lowest BCUT2D eigenvalue weighted by atomic mass is 10.0. The van der Waals surface area contributed by atoms with E-state index < -0.39 is 29.2 Å². The molecule has 14 nitrogen and oxygen atoms in total. The SMILES string of the molecule is CO/N=C(\C(=O)NC1C(=O)N2C(C(=O)O)=C(C[n+]3ccc4occc4c3)CS[C@H]12)c1noc(N)n1. The molecule has 15 heteroatoms. The molecule has 2 atom stereocenters. The van der Waals surface area contributed by atoms with Crippen LogP contribution < -0.4 is 15.6 Å². The first kappa shape index (κ1) is 22.4. The Balaban J connectivity index is 1.36. The van der Waals surface area contributed by atoms with Crippen LogP contribution in [0.1, 0.15) is 5.82 Å². The molecule has 0 aliphatic carbocycles. The molecule has 0 aromatic carbocycles. The number of β-lactam (4-membered cyclic amide) rings is 1. The summed E-state index contributed by atoms with van der Waals surface area (Å²) in [5.41, 5.74) is 6.23. The summed E-state index contributed by atoms with van der Waals surface area (Å²) in [6, 6.07) is 2.33. The molecular weight excluding hydrogens is 482 g/mol. The Kier molecular flexibility index (Phi) is 5.60. The number of carboxylic acid groups (broad SMARTS) is 1. The fourth-order valence-corrected chi connectivity index (χ4v) is 5.23. The Morgan fingerprint density at radius 2 is 2.29 bits per heavy atom. The second-order valence-electron chi connectivity index (χ2n) is 7.55. The van der Waals surface area contributed by atoms with Crippen molar-refractivity contribution in [3.63, 3.8) is 0 Å². The number of nitrogen functional groups attached to an aromatic ring is 1. The summed E-state index contributed by atoms with van der Waals surface area (Å²) in [6.07, 6.45) is 5.18. The van der Waals surface area contributed by atoms with E-state index in [9.17, 15) is 19.5 Å². The minimum absolute atomic E-state index is 0.0965. The lowest BCUT2D eigenvalue weighted by Gasteiger charge is -2.49. The van der Waals surface area contributed by atoms with Crippen LogP contribution in [0.2, 0.25) is 0 Å². The van der Waals surface area contributed by atoms with Crippen molar-refractivity contribution in [1.29, 1.82) is 0 Å². The van der Waals surface area contributed by atoms with Gasteiger partial charge >= 0.3 is 12.0 Å². The van der Waals surface area contributed by atoms with Gasteiger partial charge in [-0.3, -0.25) is 14.5 Å². The van der Waals surface area contributed by atoms with Gasteiger partial charge in [-0.15, -0.1) is 11.8 Å². The van der Waals surface area contributed by atoms with Gasteiger partial charge in [-0.1, -0.05) is 10.3 Å². The third kappa shape index (κ3) is 3.95. The van der Waals surface area contributed by atoms with E-state index in [-0.39, 0.29) is 29.8 Å². The predicted molar refractivity (Wildman–Crippen MR) is 118 cm³/mol. The number of carboxylic acids is 1. The molecule has 5 heterocycles. The van der Waals surface area contributed by atoms with Crippen LogP contribution in [0.4, 0.5) is 6.01 Å². The summed E-state index contributed by atoms with van der Waals surface area (Å²) in [5.74, 6) is -2.47. The number of oxime groups is 1. The maximum Gasteiger partial charge on any atom is 0.352 e. The summed E-state index contributed by atoms with van der Waals surface area (Å²) >= 11 is 1.34. The van der Waals surface area contributed by atoms with Crippen molar-refractivity contribution >= 4 is 52.2 Å². The van der Waals surface area contributed by atoms with E-state index in [1.807, 2.05) is 10.8 Å². The average Bonchev–Trinajstić information content (AvgIpc) is 3.48.